The molecule has 0 atom stereocenters. The Kier molecular flexibility index (Phi) is 4.97. The number of amides is 1. The van der Waals surface area contributed by atoms with Crippen LogP contribution in [0.4, 0.5) is 5.82 Å². The van der Waals surface area contributed by atoms with Crippen LogP contribution >= 0.6 is 0 Å². The molecule has 0 unspecified atom stereocenters. The summed E-state index contributed by atoms with van der Waals surface area (Å²) in [5.74, 6) is 1.87. The van der Waals surface area contributed by atoms with E-state index in [1.807, 2.05) is 30.9 Å². The summed E-state index contributed by atoms with van der Waals surface area (Å²) in [6, 6.07) is 8.81. The van der Waals surface area contributed by atoms with Gasteiger partial charge in [-0.3, -0.25) is 4.79 Å². The molecular formula is C19H22N4O2. The van der Waals surface area contributed by atoms with Gasteiger partial charge in [0.1, 0.15) is 17.4 Å². The molecule has 1 aromatic heterocycles. The molecule has 6 heteroatoms. The number of aromatic hydroxyl groups is 1. The van der Waals surface area contributed by atoms with Crippen LogP contribution in [0.2, 0.25) is 0 Å². The third kappa shape index (κ3) is 4.35. The summed E-state index contributed by atoms with van der Waals surface area (Å²) in [5, 5.41) is 9.46. The smallest absolute Gasteiger partial charge is 0.246 e. The molecule has 3 rings (SSSR count). The van der Waals surface area contributed by atoms with Crippen molar-refractivity contribution in [2.45, 2.75) is 13.8 Å². The van der Waals surface area contributed by atoms with E-state index in [1.54, 1.807) is 30.4 Å². The molecule has 25 heavy (non-hydrogen) atoms. The lowest BCUT2D eigenvalue weighted by atomic mass is 10.2. The summed E-state index contributed by atoms with van der Waals surface area (Å²) < 4.78 is 0. The molecule has 0 aliphatic carbocycles. The van der Waals surface area contributed by atoms with Crippen molar-refractivity contribution in [2.24, 2.45) is 0 Å². The lowest BCUT2D eigenvalue weighted by Gasteiger charge is -2.35. The van der Waals surface area contributed by atoms with Crippen molar-refractivity contribution >= 4 is 17.8 Å². The van der Waals surface area contributed by atoms with Crippen molar-refractivity contribution in [3.63, 3.8) is 0 Å². The molecule has 0 bridgehead atoms. The number of hydrogen-bond donors (Lipinski definition) is 1. The molecule has 2 heterocycles. The van der Waals surface area contributed by atoms with E-state index in [-0.39, 0.29) is 11.7 Å². The standard InChI is InChI=1S/C19H22N4O2/c1-14-12-18(21-15(2)20-14)22-8-10-23(11-9-22)19(25)7-6-16-4-3-5-17(24)13-16/h3-7,12-13,24H,8-11H2,1-2H3. The molecule has 6 nitrogen and oxygen atoms in total. The fraction of sp³-hybridized carbons (Fsp3) is 0.316. The zero-order chi connectivity index (χ0) is 17.8. The first-order valence-corrected chi connectivity index (χ1v) is 8.34. The average molecular weight is 338 g/mol. The number of rotatable bonds is 3. The van der Waals surface area contributed by atoms with Crippen molar-refractivity contribution in [1.82, 2.24) is 14.9 Å². The highest BCUT2D eigenvalue weighted by Crippen LogP contribution is 2.16. The van der Waals surface area contributed by atoms with Gasteiger partial charge < -0.3 is 14.9 Å². The number of carbonyl (C=O) groups is 1. The largest absolute Gasteiger partial charge is 0.508 e. The minimum atomic E-state index is -0.0157. The minimum absolute atomic E-state index is 0.0157. The highest BCUT2D eigenvalue weighted by atomic mass is 16.3. The van der Waals surface area contributed by atoms with Crippen LogP contribution in [0.25, 0.3) is 6.08 Å². The van der Waals surface area contributed by atoms with Crippen LogP contribution in [0.5, 0.6) is 5.75 Å². The maximum absolute atomic E-state index is 12.3. The first-order valence-electron chi connectivity index (χ1n) is 8.34. The molecule has 1 amide bonds. The van der Waals surface area contributed by atoms with E-state index >= 15 is 0 Å². The van der Waals surface area contributed by atoms with Crippen LogP contribution in [0.15, 0.2) is 36.4 Å². The van der Waals surface area contributed by atoms with E-state index in [2.05, 4.69) is 14.9 Å². The Bertz CT molecular complexity index is 776. The van der Waals surface area contributed by atoms with Gasteiger partial charge in [0.05, 0.1) is 0 Å². The molecule has 0 spiro atoms. The third-order valence-corrected chi connectivity index (χ3v) is 4.16. The predicted octanol–water partition coefficient (Wildman–Crippen LogP) is 2.16. The second-order valence-corrected chi connectivity index (χ2v) is 6.16. The van der Waals surface area contributed by atoms with E-state index in [0.29, 0.717) is 13.1 Å². The van der Waals surface area contributed by atoms with Gasteiger partial charge in [-0.15, -0.1) is 0 Å². The normalized spacial score (nSPS) is 15.0. The molecule has 1 saturated heterocycles. The predicted molar refractivity (Wildman–Crippen MR) is 97.4 cm³/mol. The fourth-order valence-electron chi connectivity index (χ4n) is 2.92. The van der Waals surface area contributed by atoms with E-state index < -0.39 is 0 Å². The highest BCUT2D eigenvalue weighted by Gasteiger charge is 2.20. The Morgan fingerprint density at radius 1 is 1.12 bits per heavy atom. The Labute approximate surface area is 147 Å². The van der Waals surface area contributed by atoms with Gasteiger partial charge in [0.15, 0.2) is 0 Å². The SMILES string of the molecule is Cc1cc(N2CCN(C(=O)C=Cc3cccc(O)c3)CC2)nc(C)n1. The summed E-state index contributed by atoms with van der Waals surface area (Å²) in [6.07, 6.45) is 3.29. The molecule has 1 fully saturated rings. The van der Waals surface area contributed by atoms with Gasteiger partial charge >= 0.3 is 0 Å². The van der Waals surface area contributed by atoms with Crippen molar-refractivity contribution < 1.29 is 9.90 Å². The summed E-state index contributed by atoms with van der Waals surface area (Å²) in [6.45, 7) is 6.67. The van der Waals surface area contributed by atoms with Crippen molar-refractivity contribution in [2.75, 3.05) is 31.1 Å². The third-order valence-electron chi connectivity index (χ3n) is 4.16. The molecule has 0 radical (unpaired) electrons. The van der Waals surface area contributed by atoms with Crippen molar-refractivity contribution in [3.05, 3.63) is 53.5 Å². The Hall–Kier alpha value is -2.89. The first-order chi connectivity index (χ1) is 12.0. The Morgan fingerprint density at radius 2 is 1.88 bits per heavy atom. The number of benzene rings is 1. The maximum Gasteiger partial charge on any atom is 0.246 e. The molecule has 1 aliphatic rings. The maximum atomic E-state index is 12.3. The summed E-state index contributed by atoms with van der Waals surface area (Å²) in [4.78, 5) is 25.1. The number of piperazine rings is 1. The number of hydrogen-bond acceptors (Lipinski definition) is 5. The Morgan fingerprint density at radius 3 is 2.56 bits per heavy atom. The summed E-state index contributed by atoms with van der Waals surface area (Å²) in [5.41, 5.74) is 1.76. The van der Waals surface area contributed by atoms with Gasteiger partial charge in [-0.25, -0.2) is 9.97 Å². The van der Waals surface area contributed by atoms with Gasteiger partial charge in [0, 0.05) is 44.0 Å². The number of aromatic nitrogens is 2. The molecular weight excluding hydrogens is 316 g/mol. The second kappa shape index (κ2) is 7.34. The monoisotopic (exact) mass is 338 g/mol. The van der Waals surface area contributed by atoms with Crippen molar-refractivity contribution in [1.29, 1.82) is 0 Å². The number of carbonyl (C=O) groups excluding carboxylic acids is 1. The summed E-state index contributed by atoms with van der Waals surface area (Å²) >= 11 is 0. The van der Waals surface area contributed by atoms with Gasteiger partial charge in [0.2, 0.25) is 5.91 Å². The number of phenolic OH excluding ortho intramolecular Hbond substituents is 1. The highest BCUT2D eigenvalue weighted by molar-refractivity contribution is 5.92. The fourth-order valence-corrected chi connectivity index (χ4v) is 2.92. The molecule has 130 valence electrons. The molecule has 1 aromatic carbocycles. The topological polar surface area (TPSA) is 69.6 Å². The zero-order valence-corrected chi connectivity index (χ0v) is 14.5. The summed E-state index contributed by atoms with van der Waals surface area (Å²) in [7, 11) is 0. The van der Waals surface area contributed by atoms with Crippen LogP contribution in [0.1, 0.15) is 17.1 Å². The van der Waals surface area contributed by atoms with Gasteiger partial charge in [-0.2, -0.15) is 0 Å². The minimum Gasteiger partial charge on any atom is -0.508 e. The van der Waals surface area contributed by atoms with E-state index in [1.165, 1.54) is 0 Å². The lowest BCUT2D eigenvalue weighted by molar-refractivity contribution is -0.126. The van der Waals surface area contributed by atoms with E-state index in [0.717, 1.165) is 36.0 Å². The van der Waals surface area contributed by atoms with Crippen LogP contribution in [-0.4, -0.2) is 52.1 Å². The molecule has 0 saturated carbocycles. The first kappa shape index (κ1) is 17.0. The van der Waals surface area contributed by atoms with Crippen LogP contribution in [0.3, 0.4) is 0 Å². The average Bonchev–Trinajstić information content (AvgIpc) is 2.59. The lowest BCUT2D eigenvalue weighted by Crippen LogP contribution is -2.48. The number of phenols is 1. The van der Waals surface area contributed by atoms with Gasteiger partial charge in [0.25, 0.3) is 0 Å². The van der Waals surface area contributed by atoms with Crippen molar-refractivity contribution in [3.8, 4) is 5.75 Å². The molecule has 2 aromatic rings. The van der Waals surface area contributed by atoms with Crippen LogP contribution < -0.4 is 4.90 Å². The number of aryl methyl sites for hydroxylation is 2. The molecule has 1 N–H and O–H groups in total. The number of nitrogens with zero attached hydrogens (tertiary/aromatic N) is 4. The second-order valence-electron chi connectivity index (χ2n) is 6.16. The molecule has 1 aliphatic heterocycles. The van der Waals surface area contributed by atoms with Crippen LogP contribution in [-0.2, 0) is 4.79 Å². The number of anilines is 1. The van der Waals surface area contributed by atoms with Gasteiger partial charge in [-0.05, 0) is 37.6 Å². The van der Waals surface area contributed by atoms with Crippen LogP contribution in [0, 0.1) is 13.8 Å². The van der Waals surface area contributed by atoms with Gasteiger partial charge in [-0.1, -0.05) is 12.1 Å². The zero-order valence-electron chi connectivity index (χ0n) is 14.5. The quantitative estimate of drug-likeness (QED) is 0.869. The van der Waals surface area contributed by atoms with E-state index in [9.17, 15) is 9.90 Å². The Balaban J connectivity index is 1.59. The van der Waals surface area contributed by atoms with E-state index in [4.69, 9.17) is 0 Å².